The summed E-state index contributed by atoms with van der Waals surface area (Å²) in [7, 11) is -3.49. The Morgan fingerprint density at radius 2 is 1.69 bits per heavy atom. The van der Waals surface area contributed by atoms with E-state index in [1.807, 2.05) is 13.0 Å². The van der Waals surface area contributed by atoms with Crippen LogP contribution < -0.4 is 5.32 Å². The second-order valence-corrected chi connectivity index (χ2v) is 8.78. The number of hydrogen-bond donors (Lipinski definition) is 1. The van der Waals surface area contributed by atoms with E-state index in [9.17, 15) is 13.2 Å². The second kappa shape index (κ2) is 7.78. The number of carbonyl (C=O) groups is 1. The fourth-order valence-electron chi connectivity index (χ4n) is 2.96. The molecular formula is C19H21ClN2O3S. The molecule has 3 rings (SSSR count). The molecule has 1 aliphatic rings. The van der Waals surface area contributed by atoms with E-state index in [4.69, 9.17) is 11.6 Å². The van der Waals surface area contributed by atoms with Crippen LogP contribution in [-0.2, 0) is 10.0 Å². The number of nitrogens with zero attached hydrogens (tertiary/aromatic N) is 1. The third kappa shape index (κ3) is 4.09. The molecule has 5 nitrogen and oxygen atoms in total. The van der Waals surface area contributed by atoms with Crippen molar-refractivity contribution in [1.29, 1.82) is 0 Å². The monoisotopic (exact) mass is 392 g/mol. The quantitative estimate of drug-likeness (QED) is 0.852. The van der Waals surface area contributed by atoms with Crippen LogP contribution in [-0.4, -0.2) is 31.7 Å². The minimum absolute atomic E-state index is 0.217. The van der Waals surface area contributed by atoms with Gasteiger partial charge in [-0.2, -0.15) is 4.31 Å². The molecule has 2 aromatic carbocycles. The Hall–Kier alpha value is -1.89. The van der Waals surface area contributed by atoms with Crippen LogP contribution in [0.4, 0.5) is 5.69 Å². The highest BCUT2D eigenvalue weighted by molar-refractivity contribution is 7.89. The van der Waals surface area contributed by atoms with Crippen LogP contribution in [0.25, 0.3) is 0 Å². The van der Waals surface area contributed by atoms with E-state index in [1.54, 1.807) is 12.1 Å². The minimum Gasteiger partial charge on any atom is -0.322 e. The number of benzene rings is 2. The van der Waals surface area contributed by atoms with E-state index in [-0.39, 0.29) is 10.8 Å². The van der Waals surface area contributed by atoms with Crippen LogP contribution in [0.2, 0.25) is 5.02 Å². The molecule has 2 aromatic rings. The second-order valence-electron chi connectivity index (χ2n) is 6.40. The normalized spacial score (nSPS) is 15.6. The van der Waals surface area contributed by atoms with E-state index < -0.39 is 10.0 Å². The van der Waals surface area contributed by atoms with Crippen molar-refractivity contribution < 1.29 is 13.2 Å². The zero-order valence-corrected chi connectivity index (χ0v) is 16.1. The zero-order valence-electron chi connectivity index (χ0n) is 14.5. The van der Waals surface area contributed by atoms with Gasteiger partial charge in [0.15, 0.2) is 0 Å². The molecule has 7 heteroatoms. The topological polar surface area (TPSA) is 66.5 Å². The van der Waals surface area contributed by atoms with Crippen molar-refractivity contribution in [3.05, 3.63) is 58.6 Å². The van der Waals surface area contributed by atoms with Gasteiger partial charge < -0.3 is 5.32 Å². The number of carbonyl (C=O) groups excluding carboxylic acids is 1. The molecule has 1 amide bonds. The van der Waals surface area contributed by atoms with E-state index >= 15 is 0 Å². The molecular weight excluding hydrogens is 372 g/mol. The van der Waals surface area contributed by atoms with E-state index in [0.29, 0.717) is 29.4 Å². The van der Waals surface area contributed by atoms with E-state index in [0.717, 1.165) is 24.8 Å². The van der Waals surface area contributed by atoms with Crippen molar-refractivity contribution in [2.24, 2.45) is 0 Å². The summed E-state index contributed by atoms with van der Waals surface area (Å²) in [5.74, 6) is -0.308. The van der Waals surface area contributed by atoms with Crippen molar-refractivity contribution in [2.75, 3.05) is 18.4 Å². The Labute approximate surface area is 159 Å². The van der Waals surface area contributed by atoms with Crippen LogP contribution in [0.1, 0.15) is 35.2 Å². The van der Waals surface area contributed by atoms with Gasteiger partial charge in [-0.1, -0.05) is 24.1 Å². The van der Waals surface area contributed by atoms with Crippen LogP contribution in [0.5, 0.6) is 0 Å². The molecule has 1 saturated heterocycles. The predicted octanol–water partition coefficient (Wildman–Crippen LogP) is 4.08. The highest BCUT2D eigenvalue weighted by Crippen LogP contribution is 2.23. The highest BCUT2D eigenvalue weighted by atomic mass is 35.5. The van der Waals surface area contributed by atoms with Gasteiger partial charge in [0.25, 0.3) is 5.91 Å². The first-order valence-corrected chi connectivity index (χ1v) is 10.4. The Bertz CT molecular complexity index is 905. The lowest BCUT2D eigenvalue weighted by molar-refractivity contribution is 0.102. The fourth-order valence-corrected chi connectivity index (χ4v) is 4.65. The summed E-state index contributed by atoms with van der Waals surface area (Å²) in [4.78, 5) is 12.6. The van der Waals surface area contributed by atoms with Crippen LogP contribution in [0.3, 0.4) is 0 Å². The maximum absolute atomic E-state index is 12.7. The number of piperidine rings is 1. The molecule has 0 aliphatic carbocycles. The van der Waals surface area contributed by atoms with Gasteiger partial charge in [-0.3, -0.25) is 4.79 Å². The van der Waals surface area contributed by atoms with Gasteiger partial charge in [-0.25, -0.2) is 8.42 Å². The largest absolute Gasteiger partial charge is 0.322 e. The third-order valence-electron chi connectivity index (χ3n) is 4.52. The molecule has 0 atom stereocenters. The summed E-state index contributed by atoms with van der Waals surface area (Å²) in [5.41, 5.74) is 1.92. The van der Waals surface area contributed by atoms with Crippen molar-refractivity contribution >= 4 is 33.2 Å². The van der Waals surface area contributed by atoms with Gasteiger partial charge in [0.05, 0.1) is 4.90 Å². The fraction of sp³-hybridized carbons (Fsp3) is 0.316. The summed E-state index contributed by atoms with van der Waals surface area (Å²) in [6.45, 7) is 2.98. The molecule has 0 radical (unpaired) electrons. The van der Waals surface area contributed by atoms with Gasteiger partial charge in [0.2, 0.25) is 10.0 Å². The van der Waals surface area contributed by atoms with Crippen molar-refractivity contribution in [3.63, 3.8) is 0 Å². The van der Waals surface area contributed by atoms with Gasteiger partial charge in [0.1, 0.15) is 0 Å². The Kier molecular flexibility index (Phi) is 5.65. The Morgan fingerprint density at radius 1 is 1.04 bits per heavy atom. The number of sulfonamides is 1. The lowest BCUT2D eigenvalue weighted by Crippen LogP contribution is -2.35. The summed E-state index contributed by atoms with van der Waals surface area (Å²) in [5, 5.41) is 3.34. The zero-order chi connectivity index (χ0) is 18.7. The minimum atomic E-state index is -3.49. The van der Waals surface area contributed by atoms with Gasteiger partial charge in [-0.05, 0) is 61.7 Å². The van der Waals surface area contributed by atoms with E-state index in [1.165, 1.54) is 28.6 Å². The average molecular weight is 393 g/mol. The lowest BCUT2D eigenvalue weighted by atomic mass is 10.1. The number of amides is 1. The molecule has 0 saturated carbocycles. The predicted molar refractivity (Wildman–Crippen MR) is 103 cm³/mol. The van der Waals surface area contributed by atoms with Crippen LogP contribution in [0, 0.1) is 6.92 Å². The first-order chi connectivity index (χ1) is 12.4. The molecule has 0 spiro atoms. The Balaban J connectivity index is 1.76. The van der Waals surface area contributed by atoms with Crippen molar-refractivity contribution in [3.8, 4) is 0 Å². The molecule has 1 N–H and O–H groups in total. The lowest BCUT2D eigenvalue weighted by Gasteiger charge is -2.25. The summed E-state index contributed by atoms with van der Waals surface area (Å²) >= 11 is 5.97. The van der Waals surface area contributed by atoms with Gasteiger partial charge in [0, 0.05) is 29.4 Å². The van der Waals surface area contributed by atoms with Crippen molar-refractivity contribution in [1.82, 2.24) is 4.31 Å². The third-order valence-corrected chi connectivity index (χ3v) is 6.67. The average Bonchev–Trinajstić information content (AvgIpc) is 2.65. The maximum Gasteiger partial charge on any atom is 0.255 e. The smallest absolute Gasteiger partial charge is 0.255 e. The van der Waals surface area contributed by atoms with Gasteiger partial charge in [-0.15, -0.1) is 0 Å². The highest BCUT2D eigenvalue weighted by Gasteiger charge is 2.25. The summed E-state index contributed by atoms with van der Waals surface area (Å²) in [6, 6.07) is 11.3. The molecule has 0 aromatic heterocycles. The Morgan fingerprint density at radius 3 is 2.35 bits per heavy atom. The molecule has 26 heavy (non-hydrogen) atoms. The summed E-state index contributed by atoms with van der Waals surface area (Å²) in [6.07, 6.45) is 2.84. The van der Waals surface area contributed by atoms with E-state index in [2.05, 4.69) is 5.32 Å². The first kappa shape index (κ1) is 18.9. The maximum atomic E-state index is 12.7. The standard InChI is InChI=1S/C19H21ClN2O3S/c1-14-5-8-16(20)13-18(14)21-19(23)15-6-9-17(10-7-15)26(24,25)22-11-3-2-4-12-22/h5-10,13H,2-4,11-12H2,1H3,(H,21,23). The number of anilines is 1. The number of rotatable bonds is 4. The number of halogens is 1. The van der Waals surface area contributed by atoms with Gasteiger partial charge >= 0.3 is 0 Å². The number of hydrogen-bond acceptors (Lipinski definition) is 3. The summed E-state index contributed by atoms with van der Waals surface area (Å²) < 4.78 is 26.8. The molecule has 138 valence electrons. The van der Waals surface area contributed by atoms with Crippen LogP contribution in [0.15, 0.2) is 47.4 Å². The molecule has 1 fully saturated rings. The first-order valence-electron chi connectivity index (χ1n) is 8.55. The molecule has 1 aliphatic heterocycles. The number of nitrogens with one attached hydrogen (secondary N) is 1. The van der Waals surface area contributed by atoms with Crippen LogP contribution >= 0.6 is 11.6 Å². The molecule has 0 unspecified atom stereocenters. The SMILES string of the molecule is Cc1ccc(Cl)cc1NC(=O)c1ccc(S(=O)(=O)N2CCCCC2)cc1. The molecule has 0 bridgehead atoms. The number of aryl methyl sites for hydroxylation is 1. The van der Waals surface area contributed by atoms with Crippen molar-refractivity contribution in [2.45, 2.75) is 31.1 Å². The molecule has 1 heterocycles.